The van der Waals surface area contributed by atoms with Crippen LogP contribution in [0.4, 0.5) is 0 Å². The van der Waals surface area contributed by atoms with Crippen LogP contribution >= 0.6 is 0 Å². The maximum Gasteiger partial charge on any atom is 0.329 e. The molecule has 2 saturated heterocycles. The number of methoxy groups -OCH3 is 3. The minimum absolute atomic E-state index is 0.0491. The fourth-order valence-electron chi connectivity index (χ4n) is 16.7. The second-order valence-electron chi connectivity index (χ2n) is 35.0. The summed E-state index contributed by atoms with van der Waals surface area (Å²) in [4.78, 5) is 266. The van der Waals surface area contributed by atoms with Crippen LogP contribution in [0.25, 0.3) is 0 Å². The van der Waals surface area contributed by atoms with Crippen LogP contribution in [-0.4, -0.2) is 282 Å². The Morgan fingerprint density at radius 3 is 1.59 bits per heavy atom. The molecule has 0 radical (unpaired) electrons. The first-order valence-electron chi connectivity index (χ1n) is 44.8. The minimum Gasteiger partial charge on any atom is -0.481 e. The van der Waals surface area contributed by atoms with E-state index in [-0.39, 0.29) is 49.0 Å². The van der Waals surface area contributed by atoms with E-state index >= 15 is 0 Å². The Hall–Kier alpha value is -10.7. The van der Waals surface area contributed by atoms with Gasteiger partial charge in [0.1, 0.15) is 42.9 Å². The number of hydrogen-bond acceptors (Lipinski definition) is 28. The number of fused-ring (bicyclic) bond motifs is 3. The molecule has 6 unspecified atom stereocenters. The third kappa shape index (κ3) is 38.8. The van der Waals surface area contributed by atoms with Gasteiger partial charge in [-0.2, -0.15) is 0 Å². The number of piperidine rings is 1. The van der Waals surface area contributed by atoms with Crippen molar-refractivity contribution < 1.29 is 170 Å². The summed E-state index contributed by atoms with van der Waals surface area (Å²) in [6.45, 7) is 11.6. The standard InChI is InChI=1S/C91H134N6O35/c1-49-16-12-11-13-17-50(2)70(127-8)46-59-23-19-55(7)91(126,132-59)85(120)89(124)97-39-15-14-18-64(97)90(125)131-71(47-66(99)51(3)41-54(6)83(119)84(129-10)82(118)53(5)40-49)52(4)42-56-20-29-69(72(43-56)128-9)130-48-92-73(102)30-31-74(103)93-63(27-37-80(114)115)88(123)96-62(26-36-79(112)113)68(101)45-58(22-33-76(106)107)87(122)95-61(25-35-78(110)111)67(100)44-57(21-32-75(104)105)86(121)94-60(24-34-77(108)109)65(98)28-38-81(116)117/h11-13,16-17,41,49,51-53,55-64,69-72,83-84,119,126H,14-15,18-40,42-48H2,1-10H3,(H,92,102)(H,93,103)(H,94,121)(H,95,122)(H,96,123)(H,104,105)(H,106,107)(H,108,109)(H,110,111)(H,112,113)(H,114,115)(H,116,117)/b13-11?,16-12+,50-17?,54-41+/t49-,51-,52-,53-,55-,56+,57?,58?,59+,60?,61?,62?,63?,64+,69-,70+,71+,72-,83-,84+,91-/m1/s1. The summed E-state index contributed by atoms with van der Waals surface area (Å²) in [5, 5.41) is 102. The van der Waals surface area contributed by atoms with Crippen LogP contribution in [-0.2, 0) is 124 Å². The van der Waals surface area contributed by atoms with Crippen molar-refractivity contribution in [2.75, 3.05) is 34.6 Å². The molecule has 0 aromatic heterocycles. The van der Waals surface area contributed by atoms with E-state index in [1.807, 2.05) is 44.2 Å². The van der Waals surface area contributed by atoms with E-state index in [1.54, 1.807) is 34.6 Å². The lowest BCUT2D eigenvalue weighted by Gasteiger charge is -2.42. The van der Waals surface area contributed by atoms with Gasteiger partial charge < -0.3 is 106 Å². The molecule has 1 aliphatic carbocycles. The SMILES string of the molecule is CO[C@H]1C[C@@H]2CC[C@@H](C)[C@@](O)(O2)C(=O)C(=O)N2CCCC[C@H]2C(=O)O[C@H]([C@H](C)C[C@@H]2CC[C@@H](OCNC(=O)CCC(=O)NC(CCC(=O)O)C(=O)NC(CCC(=O)O)C(=O)CC(CCC(=O)O)C(=O)NC(CCC(=O)O)C(=O)CC(CCC(=O)O)C(=O)NC(CCC(=O)O)C(=O)CCC(=O)O)[C@H](OC)C2)CC(=O)[C@H](C)/C=C(\C)[C@@H](O)[C@@H](OC)C(=O)[C@H](C)C[C@H](C)/C=C/C=CC=C1C. The van der Waals surface area contributed by atoms with E-state index < -0.39 is 349 Å². The molecule has 2 bridgehead atoms. The van der Waals surface area contributed by atoms with Gasteiger partial charge in [0.15, 0.2) is 23.1 Å². The molecule has 41 heteroatoms. The first-order chi connectivity index (χ1) is 62.1. The molecule has 21 atom stereocenters. The van der Waals surface area contributed by atoms with Crippen LogP contribution in [0.5, 0.6) is 0 Å². The molecule has 4 rings (SSSR count). The number of hydrogen-bond donors (Lipinski definition) is 14. The number of aliphatic carboxylic acids is 7. The molecular weight excluding hydrogens is 1740 g/mol. The van der Waals surface area contributed by atoms with Gasteiger partial charge in [-0.05, 0) is 145 Å². The third-order valence-electron chi connectivity index (χ3n) is 24.6. The van der Waals surface area contributed by atoms with E-state index in [1.165, 1.54) is 27.4 Å². The van der Waals surface area contributed by atoms with E-state index in [9.17, 15) is 137 Å². The van der Waals surface area contributed by atoms with Crippen molar-refractivity contribution in [1.29, 1.82) is 0 Å². The zero-order valence-corrected chi connectivity index (χ0v) is 76.7. The Balaban J connectivity index is 1.51. The number of aliphatic hydroxyl groups is 2. The van der Waals surface area contributed by atoms with Crippen LogP contribution in [0.1, 0.15) is 241 Å². The summed E-state index contributed by atoms with van der Waals surface area (Å²) in [5.41, 5.74) is 1.07. The largest absolute Gasteiger partial charge is 0.481 e. The molecule has 0 aromatic carbocycles. The summed E-state index contributed by atoms with van der Waals surface area (Å²) >= 11 is 0. The lowest BCUT2D eigenvalue weighted by atomic mass is 9.78. The topological polar surface area (TPSA) is 642 Å². The van der Waals surface area contributed by atoms with Crippen LogP contribution in [0.3, 0.4) is 0 Å². The fraction of sp³-hybridized carbons (Fsp3) is 0.692. The maximum atomic E-state index is 14.8. The van der Waals surface area contributed by atoms with Gasteiger partial charge in [-0.1, -0.05) is 71.1 Å². The highest BCUT2D eigenvalue weighted by atomic mass is 16.6. The van der Waals surface area contributed by atoms with E-state index in [0.717, 1.165) is 10.5 Å². The molecule has 41 nitrogen and oxygen atoms in total. The number of carboxylic acids is 7. The van der Waals surface area contributed by atoms with Gasteiger partial charge in [-0.15, -0.1) is 0 Å². The molecule has 14 N–H and O–H groups in total. The quantitative estimate of drug-likeness (QED) is 0.0169. The number of esters is 1. The summed E-state index contributed by atoms with van der Waals surface area (Å²) in [6, 6.07) is -8.57. The normalized spacial score (nSPS) is 26.2. The summed E-state index contributed by atoms with van der Waals surface area (Å²) < 4.78 is 36.0. The predicted octanol–water partition coefficient (Wildman–Crippen LogP) is 4.77. The van der Waals surface area contributed by atoms with Crippen molar-refractivity contribution in [3.05, 3.63) is 47.6 Å². The van der Waals surface area contributed by atoms with Gasteiger partial charge in [0.2, 0.25) is 35.3 Å². The average Bonchev–Trinajstić information content (AvgIpc) is 0.774. The minimum atomic E-state index is -2.57. The molecule has 0 spiro atoms. The van der Waals surface area contributed by atoms with Gasteiger partial charge in [-0.3, -0.25) is 91.1 Å². The molecule has 3 aliphatic heterocycles. The van der Waals surface area contributed by atoms with Gasteiger partial charge in [0.05, 0.1) is 49.0 Å². The van der Waals surface area contributed by atoms with E-state index in [4.69, 9.17) is 33.5 Å². The summed E-state index contributed by atoms with van der Waals surface area (Å²) in [5.74, 6) is -32.4. The van der Waals surface area contributed by atoms with Crippen LogP contribution in [0.15, 0.2) is 47.6 Å². The van der Waals surface area contributed by atoms with Gasteiger partial charge in [0.25, 0.3) is 11.7 Å². The molecule has 4 aliphatic rings. The number of carbonyl (C=O) groups is 20. The van der Waals surface area contributed by atoms with Gasteiger partial charge >= 0.3 is 47.8 Å². The van der Waals surface area contributed by atoms with Crippen molar-refractivity contribution in [3.8, 4) is 0 Å². The molecule has 132 heavy (non-hydrogen) atoms. The lowest BCUT2D eigenvalue weighted by Crippen LogP contribution is -2.61. The molecular formula is C91H134N6O35. The van der Waals surface area contributed by atoms with Crippen molar-refractivity contribution >= 4 is 118 Å². The zero-order chi connectivity index (χ0) is 99.0. The number of rotatable bonds is 47. The number of amides is 6. The van der Waals surface area contributed by atoms with Crippen molar-refractivity contribution in [3.63, 3.8) is 0 Å². The monoisotopic (exact) mass is 1870 g/mol. The number of nitrogens with one attached hydrogen (secondary N) is 5. The first kappa shape index (κ1) is 114. The Morgan fingerprint density at radius 2 is 1.06 bits per heavy atom. The Kier molecular flexibility index (Phi) is 49.0. The second kappa shape index (κ2) is 57.0. The Labute approximate surface area is 765 Å². The number of ketones is 6. The van der Waals surface area contributed by atoms with Crippen LogP contribution in [0.2, 0.25) is 0 Å². The number of carbonyl (C=O) groups excluding carboxylic acids is 13. The number of Topliss-reactive ketones (excluding diaryl/α,β-unsaturated/α-hetero) is 6. The molecule has 6 amide bonds. The smallest absolute Gasteiger partial charge is 0.329 e. The highest BCUT2D eigenvalue weighted by Crippen LogP contribution is 2.39. The molecule has 738 valence electrons. The molecule has 0 aromatic rings. The zero-order valence-electron chi connectivity index (χ0n) is 76.7. The number of cyclic esters (lactones) is 1. The number of carboxylic acid groups (broad SMARTS) is 7. The number of ether oxygens (including phenoxy) is 6. The molecule has 3 heterocycles. The first-order valence-corrected chi connectivity index (χ1v) is 44.8. The number of aliphatic hydroxyl groups excluding tert-OH is 1. The predicted molar refractivity (Wildman–Crippen MR) is 463 cm³/mol. The summed E-state index contributed by atoms with van der Waals surface area (Å²) in [6.07, 6.45) is -5.83. The second-order valence-corrected chi connectivity index (χ2v) is 35.0. The Morgan fingerprint density at radius 1 is 0.538 bits per heavy atom. The van der Waals surface area contributed by atoms with Gasteiger partial charge in [-0.25, -0.2) is 4.79 Å². The van der Waals surface area contributed by atoms with Crippen molar-refractivity contribution in [1.82, 2.24) is 31.5 Å². The van der Waals surface area contributed by atoms with Crippen molar-refractivity contribution in [2.24, 2.45) is 47.3 Å². The lowest BCUT2D eigenvalue weighted by molar-refractivity contribution is -0.265. The average molecular weight is 1870 g/mol. The number of allylic oxidation sites excluding steroid dienone is 6. The maximum absolute atomic E-state index is 14.8. The molecule has 1 saturated carbocycles. The van der Waals surface area contributed by atoms with Crippen LogP contribution in [0, 0.1) is 47.3 Å². The van der Waals surface area contributed by atoms with Crippen LogP contribution < -0.4 is 26.6 Å². The third-order valence-corrected chi connectivity index (χ3v) is 24.6. The molecule has 3 fully saturated rings. The number of nitrogens with zero attached hydrogens (tertiary/aromatic N) is 1. The van der Waals surface area contributed by atoms with Crippen molar-refractivity contribution in [2.45, 2.75) is 320 Å². The fourth-order valence-corrected chi connectivity index (χ4v) is 16.7. The van der Waals surface area contributed by atoms with E-state index in [0.29, 0.717) is 57.8 Å². The summed E-state index contributed by atoms with van der Waals surface area (Å²) in [7, 11) is 4.27. The highest BCUT2D eigenvalue weighted by molar-refractivity contribution is 6.39. The highest BCUT2D eigenvalue weighted by Gasteiger charge is 2.54. The van der Waals surface area contributed by atoms with E-state index in [2.05, 4.69) is 26.6 Å². The Bertz CT molecular complexity index is 4180. The van der Waals surface area contributed by atoms with Gasteiger partial charge in [0, 0.05) is 141 Å².